The molecule has 0 aromatic heterocycles. The van der Waals surface area contributed by atoms with Crippen LogP contribution in [0.2, 0.25) is 0 Å². The van der Waals surface area contributed by atoms with Gasteiger partial charge in [0, 0.05) is 12.6 Å². The van der Waals surface area contributed by atoms with Gasteiger partial charge in [0.15, 0.2) is 0 Å². The Morgan fingerprint density at radius 3 is 2.25 bits per heavy atom. The van der Waals surface area contributed by atoms with Crippen molar-refractivity contribution in [2.45, 2.75) is 45.6 Å². The first-order valence-electron chi connectivity index (χ1n) is 7.72. The molecule has 2 fully saturated rings. The summed E-state index contributed by atoms with van der Waals surface area (Å²) >= 11 is 0. The van der Waals surface area contributed by atoms with Crippen LogP contribution in [0.15, 0.2) is 0 Å². The molecule has 2 rings (SSSR count). The van der Waals surface area contributed by atoms with Crippen LogP contribution < -0.4 is 0 Å². The Bertz CT molecular complexity index is 358. The van der Waals surface area contributed by atoms with Crippen LogP contribution in [-0.4, -0.2) is 59.0 Å². The first kappa shape index (κ1) is 15.3. The summed E-state index contributed by atoms with van der Waals surface area (Å²) in [4.78, 5) is 27.5. The Hall–Kier alpha value is -1.10. The van der Waals surface area contributed by atoms with Gasteiger partial charge in [-0.05, 0) is 44.7 Å². The quantitative estimate of drug-likeness (QED) is 0.800. The lowest BCUT2D eigenvalue weighted by molar-refractivity contribution is -0.143. The topological polar surface area (TPSA) is 60.9 Å². The van der Waals surface area contributed by atoms with Crippen molar-refractivity contribution in [3.63, 3.8) is 0 Å². The van der Waals surface area contributed by atoms with Crippen LogP contribution in [0, 0.1) is 11.8 Å². The van der Waals surface area contributed by atoms with Crippen LogP contribution in [0.4, 0.5) is 0 Å². The molecule has 1 aliphatic heterocycles. The number of likely N-dealkylation sites (tertiary alicyclic amines) is 1. The summed E-state index contributed by atoms with van der Waals surface area (Å²) in [5, 5.41) is 8.98. The summed E-state index contributed by atoms with van der Waals surface area (Å²) in [7, 11) is 0. The largest absolute Gasteiger partial charge is 0.481 e. The van der Waals surface area contributed by atoms with E-state index < -0.39 is 5.97 Å². The van der Waals surface area contributed by atoms with Crippen molar-refractivity contribution in [3.8, 4) is 0 Å². The lowest BCUT2D eigenvalue weighted by Crippen LogP contribution is -2.46. The zero-order valence-corrected chi connectivity index (χ0v) is 12.5. The van der Waals surface area contributed by atoms with Crippen molar-refractivity contribution in [3.05, 3.63) is 0 Å². The summed E-state index contributed by atoms with van der Waals surface area (Å²) < 4.78 is 0. The number of hydrogen-bond acceptors (Lipinski definition) is 3. The summed E-state index contributed by atoms with van der Waals surface area (Å²) in [6, 6.07) is 0.460. The molecule has 0 bridgehead atoms. The van der Waals surface area contributed by atoms with E-state index in [1.165, 1.54) is 0 Å². The molecule has 5 nitrogen and oxygen atoms in total. The van der Waals surface area contributed by atoms with E-state index in [0.29, 0.717) is 31.3 Å². The highest BCUT2D eigenvalue weighted by atomic mass is 16.4. The third-order valence-corrected chi connectivity index (χ3v) is 4.17. The van der Waals surface area contributed by atoms with Gasteiger partial charge in [0.25, 0.3) is 0 Å². The van der Waals surface area contributed by atoms with Crippen molar-refractivity contribution in [1.29, 1.82) is 0 Å². The molecule has 114 valence electrons. The predicted molar refractivity (Wildman–Crippen MR) is 76.4 cm³/mol. The molecule has 5 heteroatoms. The summed E-state index contributed by atoms with van der Waals surface area (Å²) in [5.41, 5.74) is 0. The van der Waals surface area contributed by atoms with Gasteiger partial charge in [0.1, 0.15) is 0 Å². The fourth-order valence-corrected chi connectivity index (χ4v) is 2.85. The van der Waals surface area contributed by atoms with Gasteiger partial charge in [-0.25, -0.2) is 0 Å². The molecule has 1 saturated carbocycles. The van der Waals surface area contributed by atoms with E-state index in [2.05, 4.69) is 18.7 Å². The second kappa shape index (κ2) is 6.57. The van der Waals surface area contributed by atoms with Crippen LogP contribution in [-0.2, 0) is 9.59 Å². The first-order chi connectivity index (χ1) is 9.47. The fourth-order valence-electron chi connectivity index (χ4n) is 2.85. The maximum atomic E-state index is 12.4. The maximum absolute atomic E-state index is 12.4. The average molecular weight is 282 g/mol. The third-order valence-electron chi connectivity index (χ3n) is 4.17. The van der Waals surface area contributed by atoms with Crippen molar-refractivity contribution in [2.75, 3.05) is 26.2 Å². The van der Waals surface area contributed by atoms with E-state index in [-0.39, 0.29) is 11.8 Å². The van der Waals surface area contributed by atoms with Gasteiger partial charge in [0.05, 0.1) is 12.5 Å². The molecule has 1 heterocycles. The Labute approximate surface area is 120 Å². The molecule has 0 unspecified atom stereocenters. The SMILES string of the molecule is CC(C)CN(C(=O)CN1CCC(C(=O)O)CC1)C1CC1. The standard InChI is InChI=1S/C15H26N2O3/c1-11(2)9-17(13-3-4-13)14(18)10-16-7-5-12(6-8-16)15(19)20/h11-13H,3-10H2,1-2H3,(H,19,20). The van der Waals surface area contributed by atoms with E-state index in [1.54, 1.807) is 0 Å². The van der Waals surface area contributed by atoms with Crippen LogP contribution in [0.3, 0.4) is 0 Å². The third kappa shape index (κ3) is 4.20. The molecule has 0 radical (unpaired) electrons. The fraction of sp³-hybridized carbons (Fsp3) is 0.867. The predicted octanol–water partition coefficient (Wildman–Crippen LogP) is 1.43. The second-order valence-electron chi connectivity index (χ2n) is 6.56. The van der Waals surface area contributed by atoms with Crippen LogP contribution in [0.25, 0.3) is 0 Å². The summed E-state index contributed by atoms with van der Waals surface area (Å²) in [6.45, 7) is 7.03. The van der Waals surface area contributed by atoms with E-state index in [0.717, 1.165) is 32.5 Å². The van der Waals surface area contributed by atoms with E-state index in [9.17, 15) is 9.59 Å². The second-order valence-corrected chi connectivity index (χ2v) is 6.56. The summed E-state index contributed by atoms with van der Waals surface area (Å²) in [6.07, 6.45) is 3.60. The van der Waals surface area contributed by atoms with Crippen molar-refractivity contribution in [2.24, 2.45) is 11.8 Å². The molecule has 1 N–H and O–H groups in total. The normalized spacial score (nSPS) is 21.1. The molecule has 0 aromatic rings. The monoisotopic (exact) mass is 282 g/mol. The summed E-state index contributed by atoms with van der Waals surface area (Å²) in [5.74, 6) is -0.209. The van der Waals surface area contributed by atoms with Gasteiger partial charge in [-0.3, -0.25) is 14.5 Å². The van der Waals surface area contributed by atoms with Crippen LogP contribution in [0.5, 0.6) is 0 Å². The molecule has 0 spiro atoms. The number of carboxylic acids is 1. The van der Waals surface area contributed by atoms with Crippen molar-refractivity contribution >= 4 is 11.9 Å². The van der Waals surface area contributed by atoms with Gasteiger partial charge >= 0.3 is 5.97 Å². The first-order valence-corrected chi connectivity index (χ1v) is 7.72. The van der Waals surface area contributed by atoms with Crippen molar-refractivity contribution in [1.82, 2.24) is 9.80 Å². The van der Waals surface area contributed by atoms with Gasteiger partial charge < -0.3 is 10.0 Å². The number of nitrogens with zero attached hydrogens (tertiary/aromatic N) is 2. The van der Waals surface area contributed by atoms with Gasteiger partial charge in [-0.2, -0.15) is 0 Å². The zero-order valence-electron chi connectivity index (χ0n) is 12.5. The maximum Gasteiger partial charge on any atom is 0.306 e. The van der Waals surface area contributed by atoms with Crippen LogP contribution in [0.1, 0.15) is 39.5 Å². The van der Waals surface area contributed by atoms with Gasteiger partial charge in [-0.1, -0.05) is 13.8 Å². The molecular weight excluding hydrogens is 256 g/mol. The molecule has 1 saturated heterocycles. The van der Waals surface area contributed by atoms with Gasteiger partial charge in [0.2, 0.25) is 5.91 Å². The lowest BCUT2D eigenvalue weighted by Gasteiger charge is -2.32. The Morgan fingerprint density at radius 1 is 1.20 bits per heavy atom. The molecule has 1 aliphatic carbocycles. The number of aliphatic carboxylic acids is 1. The molecular formula is C15H26N2O3. The minimum atomic E-state index is -0.699. The smallest absolute Gasteiger partial charge is 0.306 e. The van der Waals surface area contributed by atoms with Crippen molar-refractivity contribution < 1.29 is 14.7 Å². The minimum Gasteiger partial charge on any atom is -0.481 e. The highest BCUT2D eigenvalue weighted by Crippen LogP contribution is 2.28. The van der Waals surface area contributed by atoms with E-state index >= 15 is 0 Å². The van der Waals surface area contributed by atoms with E-state index in [1.807, 2.05) is 4.90 Å². The number of carboxylic acid groups (broad SMARTS) is 1. The Kier molecular flexibility index (Phi) is 5.02. The molecule has 2 aliphatic rings. The molecule has 20 heavy (non-hydrogen) atoms. The molecule has 0 aromatic carbocycles. The molecule has 1 amide bonds. The highest BCUT2D eigenvalue weighted by molar-refractivity contribution is 5.79. The van der Waals surface area contributed by atoms with E-state index in [4.69, 9.17) is 5.11 Å². The number of hydrogen-bond donors (Lipinski definition) is 1. The Morgan fingerprint density at radius 2 is 1.80 bits per heavy atom. The zero-order chi connectivity index (χ0) is 14.7. The Balaban J connectivity index is 1.80. The highest BCUT2D eigenvalue weighted by Gasteiger charge is 2.34. The number of piperidine rings is 1. The minimum absolute atomic E-state index is 0.218. The molecule has 0 atom stereocenters. The lowest BCUT2D eigenvalue weighted by atomic mass is 9.97. The van der Waals surface area contributed by atoms with Gasteiger partial charge in [-0.15, -0.1) is 0 Å². The number of carbonyl (C=O) groups is 2. The number of amides is 1. The number of rotatable bonds is 6. The average Bonchev–Trinajstić information content (AvgIpc) is 3.20. The van der Waals surface area contributed by atoms with Crippen LogP contribution >= 0.6 is 0 Å². The number of carbonyl (C=O) groups excluding carboxylic acids is 1.